The summed E-state index contributed by atoms with van der Waals surface area (Å²) in [5.74, 6) is 0.548. The number of rotatable bonds is 1. The molecule has 2 rings (SSSR count). The average molecular weight is 193 g/mol. The first kappa shape index (κ1) is 9.02. The molecule has 4 heteroatoms. The van der Waals surface area contributed by atoms with E-state index >= 15 is 0 Å². The fourth-order valence-electron chi connectivity index (χ4n) is 1.34. The molecule has 1 aliphatic heterocycles. The van der Waals surface area contributed by atoms with Crippen LogP contribution < -0.4 is 10.1 Å². The minimum atomic E-state index is -0.501. The van der Waals surface area contributed by atoms with E-state index in [2.05, 4.69) is 5.32 Å². The van der Waals surface area contributed by atoms with Crippen molar-refractivity contribution in [1.29, 1.82) is 0 Å². The molecule has 14 heavy (non-hydrogen) atoms. The lowest BCUT2D eigenvalue weighted by Gasteiger charge is -2.13. The zero-order valence-corrected chi connectivity index (χ0v) is 7.82. The molecule has 0 radical (unpaired) electrons. The highest BCUT2D eigenvalue weighted by Gasteiger charge is 2.21. The van der Waals surface area contributed by atoms with E-state index in [9.17, 15) is 4.79 Å². The second-order valence-corrected chi connectivity index (χ2v) is 3.03. The van der Waals surface area contributed by atoms with Crippen LogP contribution in [0.1, 0.15) is 6.42 Å². The van der Waals surface area contributed by atoms with Crippen molar-refractivity contribution in [3.63, 3.8) is 0 Å². The first-order valence-electron chi connectivity index (χ1n) is 4.38. The number of hydrogen-bond acceptors (Lipinski definition) is 3. The summed E-state index contributed by atoms with van der Waals surface area (Å²) in [6.45, 7) is 0. The Hall–Kier alpha value is -1.55. The van der Waals surface area contributed by atoms with Gasteiger partial charge in [-0.15, -0.1) is 0 Å². The molecule has 1 aliphatic rings. The lowest BCUT2D eigenvalue weighted by molar-refractivity contribution is -0.124. The molecule has 1 unspecified atom stereocenters. The Morgan fingerprint density at radius 3 is 3.07 bits per heavy atom. The molecule has 0 saturated heterocycles. The van der Waals surface area contributed by atoms with E-state index in [0.717, 1.165) is 0 Å². The van der Waals surface area contributed by atoms with Gasteiger partial charge in [0.05, 0.1) is 12.1 Å². The van der Waals surface area contributed by atoms with Gasteiger partial charge in [-0.3, -0.25) is 4.79 Å². The number of benzene rings is 1. The minimum absolute atomic E-state index is 0.0956. The van der Waals surface area contributed by atoms with Crippen LogP contribution in [-0.4, -0.2) is 19.3 Å². The third-order valence-electron chi connectivity index (χ3n) is 2.03. The van der Waals surface area contributed by atoms with E-state index in [-0.39, 0.29) is 12.3 Å². The van der Waals surface area contributed by atoms with Crippen molar-refractivity contribution in [3.05, 3.63) is 24.3 Å². The second-order valence-electron chi connectivity index (χ2n) is 3.03. The van der Waals surface area contributed by atoms with Gasteiger partial charge in [0, 0.05) is 7.11 Å². The predicted octanol–water partition coefficient (Wildman–Crippen LogP) is 1.38. The molecule has 74 valence electrons. The van der Waals surface area contributed by atoms with Crippen molar-refractivity contribution >= 4 is 11.6 Å². The third kappa shape index (κ3) is 1.70. The summed E-state index contributed by atoms with van der Waals surface area (Å²) in [5.41, 5.74) is 0.692. The molecule has 4 nitrogen and oxygen atoms in total. The van der Waals surface area contributed by atoms with Crippen molar-refractivity contribution < 1.29 is 14.3 Å². The lowest BCUT2D eigenvalue weighted by atomic mass is 10.3. The molecular weight excluding hydrogens is 182 g/mol. The summed E-state index contributed by atoms with van der Waals surface area (Å²) in [5, 5.41) is 2.74. The summed E-state index contributed by atoms with van der Waals surface area (Å²) < 4.78 is 10.5. The molecular formula is C10H11NO3. The van der Waals surface area contributed by atoms with Gasteiger partial charge in [0.25, 0.3) is 0 Å². The quantitative estimate of drug-likeness (QED) is 0.733. The van der Waals surface area contributed by atoms with Gasteiger partial charge < -0.3 is 14.8 Å². The molecule has 1 aromatic carbocycles. The van der Waals surface area contributed by atoms with Crippen LogP contribution in [0.25, 0.3) is 0 Å². The van der Waals surface area contributed by atoms with E-state index in [0.29, 0.717) is 11.4 Å². The molecule has 0 bridgehead atoms. The highest BCUT2D eigenvalue weighted by atomic mass is 16.7. The Balaban J connectivity index is 2.32. The highest BCUT2D eigenvalue weighted by molar-refractivity contribution is 5.93. The van der Waals surface area contributed by atoms with E-state index in [1.54, 1.807) is 12.1 Å². The number of nitrogens with one attached hydrogen (secondary N) is 1. The van der Waals surface area contributed by atoms with Crippen LogP contribution in [0, 0.1) is 0 Å². The Bertz CT molecular complexity index is 351. The molecule has 0 saturated carbocycles. The number of hydrogen-bond donors (Lipinski definition) is 1. The molecule has 1 amide bonds. The Morgan fingerprint density at radius 1 is 1.50 bits per heavy atom. The molecule has 0 fully saturated rings. The predicted molar refractivity (Wildman–Crippen MR) is 51.1 cm³/mol. The summed E-state index contributed by atoms with van der Waals surface area (Å²) in [6.07, 6.45) is -0.288. The minimum Gasteiger partial charge on any atom is -0.462 e. The van der Waals surface area contributed by atoms with Crippen molar-refractivity contribution in [2.45, 2.75) is 12.7 Å². The monoisotopic (exact) mass is 193 g/mol. The molecule has 0 aliphatic carbocycles. The van der Waals surface area contributed by atoms with E-state index in [4.69, 9.17) is 9.47 Å². The normalized spacial score (nSPS) is 20.4. The van der Waals surface area contributed by atoms with Crippen LogP contribution in [0.2, 0.25) is 0 Å². The van der Waals surface area contributed by atoms with Crippen LogP contribution in [0.5, 0.6) is 5.75 Å². The fourth-order valence-corrected chi connectivity index (χ4v) is 1.34. The van der Waals surface area contributed by atoms with Gasteiger partial charge in [0.2, 0.25) is 12.2 Å². The van der Waals surface area contributed by atoms with Gasteiger partial charge in [-0.25, -0.2) is 0 Å². The number of para-hydroxylation sites is 2. The molecule has 1 atom stereocenters. The average Bonchev–Trinajstić information content (AvgIpc) is 2.35. The topological polar surface area (TPSA) is 47.6 Å². The van der Waals surface area contributed by atoms with Gasteiger partial charge in [0.1, 0.15) is 5.75 Å². The molecule has 1 N–H and O–H groups in total. The van der Waals surface area contributed by atoms with Crippen molar-refractivity contribution in [1.82, 2.24) is 0 Å². The van der Waals surface area contributed by atoms with E-state index in [1.165, 1.54) is 7.11 Å². The fraction of sp³-hybridized carbons (Fsp3) is 0.300. The van der Waals surface area contributed by atoms with Crippen LogP contribution in [-0.2, 0) is 9.53 Å². The van der Waals surface area contributed by atoms with Crippen molar-refractivity contribution in [2.75, 3.05) is 12.4 Å². The van der Waals surface area contributed by atoms with Gasteiger partial charge in [0.15, 0.2) is 0 Å². The molecule has 1 aromatic rings. The van der Waals surface area contributed by atoms with Gasteiger partial charge in [-0.1, -0.05) is 12.1 Å². The Kier molecular flexibility index (Phi) is 2.37. The number of amides is 1. The van der Waals surface area contributed by atoms with Gasteiger partial charge in [-0.05, 0) is 12.1 Å². The number of carbonyl (C=O) groups is 1. The zero-order chi connectivity index (χ0) is 9.97. The summed E-state index contributed by atoms with van der Waals surface area (Å²) in [7, 11) is 1.52. The number of carbonyl (C=O) groups excluding carboxylic acids is 1. The maximum Gasteiger partial charge on any atom is 0.230 e. The lowest BCUT2D eigenvalue weighted by Crippen LogP contribution is -2.22. The smallest absolute Gasteiger partial charge is 0.230 e. The van der Waals surface area contributed by atoms with Gasteiger partial charge >= 0.3 is 0 Å². The standard InChI is InChI=1S/C10H11NO3/c1-13-10-6-9(12)11-7-4-2-3-5-8(7)14-10/h2-5,10H,6H2,1H3,(H,11,12). The van der Waals surface area contributed by atoms with E-state index in [1.807, 2.05) is 12.1 Å². The molecule has 0 aromatic heterocycles. The zero-order valence-electron chi connectivity index (χ0n) is 7.82. The second kappa shape index (κ2) is 3.67. The Morgan fingerprint density at radius 2 is 2.29 bits per heavy atom. The van der Waals surface area contributed by atoms with Crippen LogP contribution >= 0.6 is 0 Å². The number of methoxy groups -OCH3 is 1. The third-order valence-corrected chi connectivity index (χ3v) is 2.03. The van der Waals surface area contributed by atoms with Gasteiger partial charge in [-0.2, -0.15) is 0 Å². The number of fused-ring (bicyclic) bond motifs is 1. The largest absolute Gasteiger partial charge is 0.462 e. The Labute approximate surface area is 81.8 Å². The molecule has 0 spiro atoms. The molecule has 1 heterocycles. The van der Waals surface area contributed by atoms with Crippen LogP contribution in [0.4, 0.5) is 5.69 Å². The van der Waals surface area contributed by atoms with Crippen molar-refractivity contribution in [2.24, 2.45) is 0 Å². The summed E-state index contributed by atoms with van der Waals surface area (Å²) in [6, 6.07) is 7.29. The first-order valence-corrected chi connectivity index (χ1v) is 4.38. The van der Waals surface area contributed by atoms with Crippen molar-refractivity contribution in [3.8, 4) is 5.75 Å². The maximum atomic E-state index is 11.3. The number of ether oxygens (including phenoxy) is 2. The first-order chi connectivity index (χ1) is 6.79. The summed E-state index contributed by atoms with van der Waals surface area (Å²) >= 11 is 0. The van der Waals surface area contributed by atoms with Crippen LogP contribution in [0.3, 0.4) is 0 Å². The highest BCUT2D eigenvalue weighted by Crippen LogP contribution is 2.28. The maximum absolute atomic E-state index is 11.3. The number of anilines is 1. The SMILES string of the molecule is COC1CC(=O)Nc2ccccc2O1. The van der Waals surface area contributed by atoms with Crippen LogP contribution in [0.15, 0.2) is 24.3 Å². The summed E-state index contributed by atoms with van der Waals surface area (Å²) in [4.78, 5) is 11.3. The van der Waals surface area contributed by atoms with E-state index < -0.39 is 6.29 Å².